The van der Waals surface area contributed by atoms with Gasteiger partial charge in [0.25, 0.3) is 0 Å². The zero-order chi connectivity index (χ0) is 13.0. The molecule has 0 aliphatic carbocycles. The molecule has 1 aromatic carbocycles. The first-order valence-electron chi connectivity index (χ1n) is 5.72. The summed E-state index contributed by atoms with van der Waals surface area (Å²) in [4.78, 5) is 20.1. The number of nitrogens with zero attached hydrogens (tertiary/aromatic N) is 2. The van der Waals surface area contributed by atoms with Gasteiger partial charge in [0.05, 0.1) is 17.9 Å². The number of rotatable bonds is 4. The molecule has 0 atom stereocenters. The second-order valence-corrected chi connectivity index (χ2v) is 4.65. The van der Waals surface area contributed by atoms with Crippen LogP contribution in [0.3, 0.4) is 0 Å². The van der Waals surface area contributed by atoms with Crippen molar-refractivity contribution in [2.75, 3.05) is 12.4 Å². The van der Waals surface area contributed by atoms with E-state index in [2.05, 4.69) is 9.97 Å². The largest absolute Gasteiger partial charge is 0.465 e. The SMILES string of the molecule is CCOC(=O)CSc1nc(C)nc2ccccc12. The third-order valence-corrected chi connectivity index (χ3v) is 3.28. The van der Waals surface area contributed by atoms with Crippen LogP contribution < -0.4 is 0 Å². The summed E-state index contributed by atoms with van der Waals surface area (Å²) in [5.41, 5.74) is 0.899. The van der Waals surface area contributed by atoms with Gasteiger partial charge < -0.3 is 4.74 Å². The molecule has 0 N–H and O–H groups in total. The average molecular weight is 262 g/mol. The van der Waals surface area contributed by atoms with E-state index in [1.54, 1.807) is 6.92 Å². The van der Waals surface area contributed by atoms with E-state index in [1.165, 1.54) is 11.8 Å². The molecule has 0 saturated carbocycles. The molecule has 0 aliphatic rings. The van der Waals surface area contributed by atoms with Crippen molar-refractivity contribution in [3.63, 3.8) is 0 Å². The summed E-state index contributed by atoms with van der Waals surface area (Å²) in [6.07, 6.45) is 0. The van der Waals surface area contributed by atoms with Crippen LogP contribution in [-0.4, -0.2) is 28.3 Å². The Bertz CT molecular complexity index is 572. The van der Waals surface area contributed by atoms with Gasteiger partial charge in [-0.15, -0.1) is 0 Å². The summed E-state index contributed by atoms with van der Waals surface area (Å²) in [6.45, 7) is 4.05. The molecule has 0 fully saturated rings. The van der Waals surface area contributed by atoms with Gasteiger partial charge in [0.2, 0.25) is 0 Å². The van der Waals surface area contributed by atoms with Crippen LogP contribution in [0.2, 0.25) is 0 Å². The summed E-state index contributed by atoms with van der Waals surface area (Å²) >= 11 is 1.39. The number of hydrogen-bond donors (Lipinski definition) is 0. The standard InChI is InChI=1S/C13H14N2O2S/c1-3-17-12(16)8-18-13-10-6-4-5-7-11(10)14-9(2)15-13/h4-7H,3,8H2,1-2H3. The molecule has 0 saturated heterocycles. The van der Waals surface area contributed by atoms with Gasteiger partial charge in [-0.3, -0.25) is 4.79 Å². The zero-order valence-electron chi connectivity index (χ0n) is 10.3. The van der Waals surface area contributed by atoms with E-state index in [9.17, 15) is 4.79 Å². The van der Waals surface area contributed by atoms with E-state index in [0.29, 0.717) is 12.4 Å². The van der Waals surface area contributed by atoms with Crippen molar-refractivity contribution in [2.24, 2.45) is 0 Å². The first kappa shape index (κ1) is 12.8. The summed E-state index contributed by atoms with van der Waals surface area (Å²) < 4.78 is 4.90. The lowest BCUT2D eigenvalue weighted by Gasteiger charge is -2.06. The van der Waals surface area contributed by atoms with Gasteiger partial charge >= 0.3 is 5.97 Å². The quantitative estimate of drug-likeness (QED) is 0.481. The molecule has 0 unspecified atom stereocenters. The van der Waals surface area contributed by atoms with Crippen LogP contribution in [0.15, 0.2) is 29.3 Å². The number of carbonyl (C=O) groups is 1. The molecule has 18 heavy (non-hydrogen) atoms. The van der Waals surface area contributed by atoms with Crippen LogP contribution in [0.4, 0.5) is 0 Å². The van der Waals surface area contributed by atoms with Gasteiger partial charge in [-0.2, -0.15) is 0 Å². The fourth-order valence-corrected chi connectivity index (χ4v) is 2.46. The maximum Gasteiger partial charge on any atom is 0.316 e. The predicted octanol–water partition coefficient (Wildman–Crippen LogP) is 2.59. The fourth-order valence-electron chi connectivity index (χ4n) is 1.60. The van der Waals surface area contributed by atoms with Gasteiger partial charge in [0, 0.05) is 5.39 Å². The van der Waals surface area contributed by atoms with E-state index >= 15 is 0 Å². The van der Waals surface area contributed by atoms with Crippen LogP contribution in [0.5, 0.6) is 0 Å². The molecule has 1 aromatic heterocycles. The smallest absolute Gasteiger partial charge is 0.316 e. The molecule has 4 nitrogen and oxygen atoms in total. The molecule has 0 aliphatic heterocycles. The number of benzene rings is 1. The minimum Gasteiger partial charge on any atom is -0.465 e. The maximum absolute atomic E-state index is 11.4. The Hall–Kier alpha value is -1.62. The fraction of sp³-hybridized carbons (Fsp3) is 0.308. The molecule has 94 valence electrons. The molecule has 0 amide bonds. The van der Waals surface area contributed by atoms with Gasteiger partial charge in [0.15, 0.2) is 0 Å². The summed E-state index contributed by atoms with van der Waals surface area (Å²) in [5, 5.41) is 1.79. The van der Waals surface area contributed by atoms with Crippen LogP contribution >= 0.6 is 11.8 Å². The molecular formula is C13H14N2O2S. The van der Waals surface area contributed by atoms with E-state index in [4.69, 9.17) is 4.74 Å². The van der Waals surface area contributed by atoms with Crippen molar-refractivity contribution in [3.8, 4) is 0 Å². The topological polar surface area (TPSA) is 52.1 Å². The number of aromatic nitrogens is 2. The molecule has 5 heteroatoms. The molecule has 2 aromatic rings. The van der Waals surface area contributed by atoms with Gasteiger partial charge in [-0.25, -0.2) is 9.97 Å². The molecule has 1 heterocycles. The van der Waals surface area contributed by atoms with Crippen LogP contribution in [0.1, 0.15) is 12.7 Å². The third kappa shape index (κ3) is 2.98. The number of thioether (sulfide) groups is 1. The average Bonchev–Trinajstić information content (AvgIpc) is 2.36. The second kappa shape index (κ2) is 5.82. The van der Waals surface area contributed by atoms with E-state index < -0.39 is 0 Å². The minimum atomic E-state index is -0.220. The second-order valence-electron chi connectivity index (χ2n) is 3.69. The normalized spacial score (nSPS) is 10.6. The summed E-state index contributed by atoms with van der Waals surface area (Å²) in [5.74, 6) is 0.761. The lowest BCUT2D eigenvalue weighted by Crippen LogP contribution is -2.07. The zero-order valence-corrected chi connectivity index (χ0v) is 11.2. The first-order chi connectivity index (χ1) is 8.70. The Morgan fingerprint density at radius 2 is 2.11 bits per heavy atom. The van der Waals surface area contributed by atoms with E-state index in [0.717, 1.165) is 15.9 Å². The van der Waals surface area contributed by atoms with Crippen LogP contribution in [0.25, 0.3) is 10.9 Å². The van der Waals surface area contributed by atoms with Gasteiger partial charge in [0.1, 0.15) is 10.9 Å². The van der Waals surface area contributed by atoms with Crippen molar-refractivity contribution < 1.29 is 9.53 Å². The third-order valence-electron chi connectivity index (χ3n) is 2.31. The summed E-state index contributed by atoms with van der Waals surface area (Å²) in [7, 11) is 0. The van der Waals surface area contributed by atoms with Crippen LogP contribution in [0, 0.1) is 6.92 Å². The van der Waals surface area contributed by atoms with Crippen molar-refractivity contribution in [3.05, 3.63) is 30.1 Å². The highest BCUT2D eigenvalue weighted by Gasteiger charge is 2.09. The highest BCUT2D eigenvalue weighted by atomic mass is 32.2. The molecule has 2 rings (SSSR count). The number of esters is 1. The molecule has 0 radical (unpaired) electrons. The monoisotopic (exact) mass is 262 g/mol. The van der Waals surface area contributed by atoms with Gasteiger partial charge in [-0.05, 0) is 19.9 Å². The number of carbonyl (C=O) groups excluding carboxylic acids is 1. The van der Waals surface area contributed by atoms with E-state index in [1.807, 2.05) is 31.2 Å². The number of ether oxygens (including phenoxy) is 1. The Balaban J connectivity index is 2.24. The highest BCUT2D eigenvalue weighted by Crippen LogP contribution is 2.25. The molecule has 0 spiro atoms. The summed E-state index contributed by atoms with van der Waals surface area (Å²) in [6, 6.07) is 7.78. The van der Waals surface area contributed by atoms with Gasteiger partial charge in [-0.1, -0.05) is 30.0 Å². The predicted molar refractivity (Wildman–Crippen MR) is 71.6 cm³/mol. The minimum absolute atomic E-state index is 0.220. The molecular weight excluding hydrogens is 248 g/mol. The first-order valence-corrected chi connectivity index (χ1v) is 6.71. The van der Waals surface area contributed by atoms with E-state index in [-0.39, 0.29) is 11.7 Å². The van der Waals surface area contributed by atoms with Crippen LogP contribution in [-0.2, 0) is 9.53 Å². The Kier molecular flexibility index (Phi) is 4.15. The van der Waals surface area contributed by atoms with Crippen molar-refractivity contribution in [1.29, 1.82) is 0 Å². The Morgan fingerprint density at radius 3 is 2.89 bits per heavy atom. The van der Waals surface area contributed by atoms with Crippen molar-refractivity contribution in [2.45, 2.75) is 18.9 Å². The number of fused-ring (bicyclic) bond motifs is 1. The van der Waals surface area contributed by atoms with Crippen molar-refractivity contribution >= 4 is 28.6 Å². The number of hydrogen-bond acceptors (Lipinski definition) is 5. The Labute approximate surface area is 110 Å². The Morgan fingerprint density at radius 1 is 1.33 bits per heavy atom. The number of para-hydroxylation sites is 1. The highest BCUT2D eigenvalue weighted by molar-refractivity contribution is 8.00. The number of aryl methyl sites for hydroxylation is 1. The lowest BCUT2D eigenvalue weighted by atomic mass is 10.2. The van der Waals surface area contributed by atoms with Crippen molar-refractivity contribution in [1.82, 2.24) is 9.97 Å². The lowest BCUT2D eigenvalue weighted by molar-refractivity contribution is -0.139. The maximum atomic E-state index is 11.4. The molecule has 0 bridgehead atoms.